The Kier molecular flexibility index (Phi) is 5.75. The van der Waals surface area contributed by atoms with Crippen molar-refractivity contribution in [3.63, 3.8) is 0 Å². The Labute approximate surface area is 125 Å². The minimum absolute atomic E-state index is 0.0655. The first-order valence-corrected chi connectivity index (χ1v) is 7.41. The second-order valence-corrected chi connectivity index (χ2v) is 5.39. The normalized spacial score (nSPS) is 15.9. The zero-order chi connectivity index (χ0) is 15.1. The number of nitrogens with zero attached hydrogens (tertiary/aromatic N) is 2. The number of rotatable bonds is 6. The molecule has 0 aliphatic carbocycles. The molecule has 0 aromatic heterocycles. The van der Waals surface area contributed by atoms with Gasteiger partial charge in [0.2, 0.25) is 5.91 Å². The van der Waals surface area contributed by atoms with Gasteiger partial charge in [0.1, 0.15) is 0 Å². The zero-order valence-electron chi connectivity index (χ0n) is 12.2. The smallest absolute Gasteiger partial charge is 0.317 e. The lowest BCUT2D eigenvalue weighted by molar-refractivity contribution is -0.139. The van der Waals surface area contributed by atoms with Gasteiger partial charge in [-0.1, -0.05) is 30.3 Å². The molecule has 5 heteroatoms. The number of piperazine rings is 1. The van der Waals surface area contributed by atoms with Crippen LogP contribution in [0.5, 0.6) is 0 Å². The highest BCUT2D eigenvalue weighted by molar-refractivity contribution is 5.76. The van der Waals surface area contributed by atoms with Crippen molar-refractivity contribution >= 4 is 11.9 Å². The molecule has 0 spiro atoms. The lowest BCUT2D eigenvalue weighted by Gasteiger charge is -2.33. The summed E-state index contributed by atoms with van der Waals surface area (Å²) in [5.74, 6) is -0.626. The van der Waals surface area contributed by atoms with Crippen molar-refractivity contribution in [1.29, 1.82) is 0 Å². The largest absolute Gasteiger partial charge is 0.480 e. The maximum atomic E-state index is 12.1. The molecule has 1 N–H and O–H groups in total. The van der Waals surface area contributed by atoms with Gasteiger partial charge in [0, 0.05) is 32.6 Å². The van der Waals surface area contributed by atoms with Crippen molar-refractivity contribution in [2.24, 2.45) is 0 Å². The van der Waals surface area contributed by atoms with Crippen LogP contribution in [0, 0.1) is 0 Å². The van der Waals surface area contributed by atoms with Gasteiger partial charge >= 0.3 is 5.97 Å². The van der Waals surface area contributed by atoms with Gasteiger partial charge in [0.05, 0.1) is 6.54 Å². The predicted octanol–water partition coefficient (Wildman–Crippen LogP) is 1.24. The maximum absolute atomic E-state index is 12.1. The minimum Gasteiger partial charge on any atom is -0.480 e. The van der Waals surface area contributed by atoms with E-state index < -0.39 is 5.97 Å². The maximum Gasteiger partial charge on any atom is 0.317 e. The highest BCUT2D eigenvalue weighted by Gasteiger charge is 2.21. The van der Waals surface area contributed by atoms with Crippen molar-refractivity contribution in [2.75, 3.05) is 32.7 Å². The molecule has 0 atom stereocenters. The van der Waals surface area contributed by atoms with E-state index in [1.807, 2.05) is 28.0 Å². The van der Waals surface area contributed by atoms with Crippen LogP contribution in [0.3, 0.4) is 0 Å². The van der Waals surface area contributed by atoms with Crippen LogP contribution in [-0.4, -0.2) is 59.5 Å². The van der Waals surface area contributed by atoms with Crippen LogP contribution in [0.4, 0.5) is 0 Å². The molecule has 1 saturated heterocycles. The monoisotopic (exact) mass is 290 g/mol. The van der Waals surface area contributed by atoms with Crippen LogP contribution in [-0.2, 0) is 16.0 Å². The Hall–Kier alpha value is -1.88. The highest BCUT2D eigenvalue weighted by atomic mass is 16.4. The van der Waals surface area contributed by atoms with Gasteiger partial charge < -0.3 is 10.0 Å². The number of hydrogen-bond donors (Lipinski definition) is 1. The van der Waals surface area contributed by atoms with Gasteiger partial charge in [0.25, 0.3) is 0 Å². The van der Waals surface area contributed by atoms with Crippen LogP contribution in [0.1, 0.15) is 18.4 Å². The highest BCUT2D eigenvalue weighted by Crippen LogP contribution is 2.08. The van der Waals surface area contributed by atoms with E-state index in [1.54, 1.807) is 0 Å². The molecule has 1 heterocycles. The molecule has 2 rings (SSSR count). The lowest BCUT2D eigenvalue weighted by atomic mass is 10.1. The summed E-state index contributed by atoms with van der Waals surface area (Å²) in [7, 11) is 0. The molecular formula is C16H22N2O3. The van der Waals surface area contributed by atoms with Crippen LogP contribution in [0.25, 0.3) is 0 Å². The second-order valence-electron chi connectivity index (χ2n) is 5.39. The summed E-state index contributed by atoms with van der Waals surface area (Å²) in [4.78, 5) is 26.5. The summed E-state index contributed by atoms with van der Waals surface area (Å²) < 4.78 is 0. The standard InChI is InChI=1S/C16H22N2O3/c19-15(8-4-7-14-5-2-1-3-6-14)18-11-9-17(10-12-18)13-16(20)21/h1-3,5-6H,4,7-13H2,(H,20,21). The first kappa shape index (κ1) is 15.5. The van der Waals surface area contributed by atoms with E-state index >= 15 is 0 Å². The summed E-state index contributed by atoms with van der Waals surface area (Å²) in [5, 5.41) is 8.74. The topological polar surface area (TPSA) is 60.9 Å². The molecule has 5 nitrogen and oxygen atoms in total. The molecule has 0 radical (unpaired) electrons. The van der Waals surface area contributed by atoms with Crippen molar-refractivity contribution in [2.45, 2.75) is 19.3 Å². The zero-order valence-corrected chi connectivity index (χ0v) is 12.2. The van der Waals surface area contributed by atoms with E-state index in [2.05, 4.69) is 12.1 Å². The molecule has 1 fully saturated rings. The first-order chi connectivity index (χ1) is 10.1. The number of carboxylic acid groups (broad SMARTS) is 1. The SMILES string of the molecule is O=C(O)CN1CCN(C(=O)CCCc2ccccc2)CC1. The fourth-order valence-electron chi connectivity index (χ4n) is 2.59. The van der Waals surface area contributed by atoms with Crippen LogP contribution in [0.15, 0.2) is 30.3 Å². The van der Waals surface area contributed by atoms with Crippen LogP contribution >= 0.6 is 0 Å². The molecule has 1 aromatic rings. The number of aliphatic carboxylic acids is 1. The van der Waals surface area contributed by atoms with Gasteiger partial charge in [-0.2, -0.15) is 0 Å². The lowest BCUT2D eigenvalue weighted by Crippen LogP contribution is -2.49. The fourth-order valence-corrected chi connectivity index (χ4v) is 2.59. The Morgan fingerprint density at radius 2 is 1.71 bits per heavy atom. The molecular weight excluding hydrogens is 268 g/mol. The Bertz CT molecular complexity index is 468. The average molecular weight is 290 g/mol. The molecule has 114 valence electrons. The van der Waals surface area contributed by atoms with E-state index in [4.69, 9.17) is 5.11 Å². The number of hydrogen-bond acceptors (Lipinski definition) is 3. The van der Waals surface area contributed by atoms with Crippen molar-refractivity contribution in [3.05, 3.63) is 35.9 Å². The molecule has 0 unspecified atom stereocenters. The Balaban J connectivity index is 1.67. The third kappa shape index (κ3) is 5.19. The number of carbonyl (C=O) groups is 2. The van der Waals surface area contributed by atoms with Crippen LogP contribution in [0.2, 0.25) is 0 Å². The fraction of sp³-hybridized carbons (Fsp3) is 0.500. The third-order valence-corrected chi connectivity index (χ3v) is 3.78. The molecule has 1 amide bonds. The second kappa shape index (κ2) is 7.78. The average Bonchev–Trinajstić information content (AvgIpc) is 2.48. The van der Waals surface area contributed by atoms with E-state index in [9.17, 15) is 9.59 Å². The number of benzene rings is 1. The van der Waals surface area contributed by atoms with E-state index in [0.29, 0.717) is 32.6 Å². The molecule has 1 aromatic carbocycles. The third-order valence-electron chi connectivity index (χ3n) is 3.78. The summed E-state index contributed by atoms with van der Waals surface area (Å²) in [6.45, 7) is 2.64. The van der Waals surface area contributed by atoms with Gasteiger partial charge in [0.15, 0.2) is 0 Å². The van der Waals surface area contributed by atoms with Gasteiger partial charge in [-0.05, 0) is 18.4 Å². The van der Waals surface area contributed by atoms with Crippen molar-refractivity contribution in [3.8, 4) is 0 Å². The molecule has 0 saturated carbocycles. The predicted molar refractivity (Wildman–Crippen MR) is 80.0 cm³/mol. The number of carbonyl (C=O) groups excluding carboxylic acids is 1. The Morgan fingerprint density at radius 1 is 1.05 bits per heavy atom. The van der Waals surface area contributed by atoms with E-state index in [1.165, 1.54) is 5.56 Å². The number of amides is 1. The van der Waals surface area contributed by atoms with E-state index in [0.717, 1.165) is 12.8 Å². The van der Waals surface area contributed by atoms with Gasteiger partial charge in [-0.15, -0.1) is 0 Å². The molecule has 1 aliphatic heterocycles. The summed E-state index contributed by atoms with van der Waals surface area (Å²) in [6.07, 6.45) is 2.34. The van der Waals surface area contributed by atoms with Crippen LogP contribution < -0.4 is 0 Å². The number of aryl methyl sites for hydroxylation is 1. The van der Waals surface area contributed by atoms with E-state index in [-0.39, 0.29) is 12.5 Å². The minimum atomic E-state index is -0.808. The van der Waals surface area contributed by atoms with Crippen molar-refractivity contribution in [1.82, 2.24) is 9.80 Å². The van der Waals surface area contributed by atoms with Crippen molar-refractivity contribution < 1.29 is 14.7 Å². The summed E-state index contributed by atoms with van der Waals surface area (Å²) in [6, 6.07) is 10.2. The molecule has 21 heavy (non-hydrogen) atoms. The summed E-state index contributed by atoms with van der Waals surface area (Å²) in [5.41, 5.74) is 1.26. The molecule has 1 aliphatic rings. The Morgan fingerprint density at radius 3 is 2.33 bits per heavy atom. The quantitative estimate of drug-likeness (QED) is 0.856. The summed E-state index contributed by atoms with van der Waals surface area (Å²) >= 11 is 0. The number of carboxylic acids is 1. The van der Waals surface area contributed by atoms with Gasteiger partial charge in [-0.25, -0.2) is 0 Å². The molecule has 0 bridgehead atoms. The van der Waals surface area contributed by atoms with Gasteiger partial charge in [-0.3, -0.25) is 14.5 Å². The first-order valence-electron chi connectivity index (χ1n) is 7.41.